The van der Waals surface area contributed by atoms with Gasteiger partial charge < -0.3 is 18.9 Å². The van der Waals surface area contributed by atoms with E-state index in [2.05, 4.69) is 23.8 Å². The molecule has 0 saturated carbocycles. The van der Waals surface area contributed by atoms with Crippen LogP contribution < -0.4 is 18.9 Å². The average molecular weight is 621 g/mol. The number of hydrogen-bond acceptors (Lipinski definition) is 8. The van der Waals surface area contributed by atoms with Gasteiger partial charge in [-0.25, -0.2) is 19.6 Å². The number of nitrogens with zero attached hydrogens (tertiary/aromatic N) is 2. The second-order valence-corrected chi connectivity index (χ2v) is 9.93. The van der Waals surface area contributed by atoms with Crippen molar-refractivity contribution in [3.05, 3.63) is 108 Å². The van der Waals surface area contributed by atoms with Gasteiger partial charge >= 0.3 is 11.9 Å². The minimum absolute atomic E-state index is 0.200. The molecule has 2 heterocycles. The van der Waals surface area contributed by atoms with Crippen molar-refractivity contribution < 1.29 is 37.3 Å². The maximum Gasteiger partial charge on any atom is 0.343 e. The molecule has 2 aromatic heterocycles. The van der Waals surface area contributed by atoms with E-state index < -0.39 is 23.8 Å². The van der Waals surface area contributed by atoms with E-state index in [0.717, 1.165) is 55.7 Å². The van der Waals surface area contributed by atoms with E-state index in [0.29, 0.717) is 24.3 Å². The molecule has 45 heavy (non-hydrogen) atoms. The van der Waals surface area contributed by atoms with Crippen LogP contribution in [0.1, 0.15) is 79.5 Å². The highest BCUT2D eigenvalue weighted by Gasteiger charge is 2.10. The summed E-state index contributed by atoms with van der Waals surface area (Å²) >= 11 is 0. The van der Waals surface area contributed by atoms with Gasteiger partial charge in [0.1, 0.15) is 23.0 Å². The van der Waals surface area contributed by atoms with Crippen LogP contribution in [-0.2, 0) is 0 Å². The summed E-state index contributed by atoms with van der Waals surface area (Å²) in [6, 6.07) is 18.5. The highest BCUT2D eigenvalue weighted by atomic mass is 19.1. The Kier molecular flexibility index (Phi) is 14.9. The number of pyridine rings is 2. The summed E-state index contributed by atoms with van der Waals surface area (Å²) in [5.41, 5.74) is 0.790. The summed E-state index contributed by atoms with van der Waals surface area (Å²) in [5.74, 6) is -0.440. The van der Waals surface area contributed by atoms with Crippen molar-refractivity contribution in [2.24, 2.45) is 0 Å². The van der Waals surface area contributed by atoms with E-state index in [-0.39, 0.29) is 11.5 Å². The van der Waals surface area contributed by atoms with Gasteiger partial charge in [-0.05, 0) is 85.6 Å². The normalized spacial score (nSPS) is 10.3. The monoisotopic (exact) mass is 620 g/mol. The smallest absolute Gasteiger partial charge is 0.343 e. The van der Waals surface area contributed by atoms with Crippen molar-refractivity contribution in [1.29, 1.82) is 0 Å². The fraction of sp³-hybridized carbons (Fsp3) is 0.314. The van der Waals surface area contributed by atoms with Crippen molar-refractivity contribution in [2.75, 3.05) is 13.2 Å². The lowest BCUT2D eigenvalue weighted by Gasteiger charge is -2.07. The molecule has 0 radical (unpaired) electrons. The molecule has 0 unspecified atom stereocenters. The van der Waals surface area contributed by atoms with E-state index in [4.69, 9.17) is 18.9 Å². The lowest BCUT2D eigenvalue weighted by molar-refractivity contribution is 0.0724. The summed E-state index contributed by atoms with van der Waals surface area (Å²) in [6.45, 7) is 5.64. The third-order valence-electron chi connectivity index (χ3n) is 6.28. The SMILES string of the molecule is CCCCCCOc1ccc(C(=O)Oc2ccc(F)nc2)cc1.CCCCCOc1ccc(C(=O)Oc2ccc(F)nc2)cc1. The van der Waals surface area contributed by atoms with E-state index in [1.165, 1.54) is 37.4 Å². The fourth-order valence-electron chi connectivity index (χ4n) is 3.81. The molecule has 0 aliphatic heterocycles. The van der Waals surface area contributed by atoms with Crippen molar-refractivity contribution in [2.45, 2.75) is 58.8 Å². The summed E-state index contributed by atoms with van der Waals surface area (Å²) < 4.78 is 46.8. The molecule has 0 amide bonds. The molecule has 0 aliphatic rings. The van der Waals surface area contributed by atoms with Gasteiger partial charge in [0.2, 0.25) is 11.9 Å². The molecular weight excluding hydrogens is 582 g/mol. The van der Waals surface area contributed by atoms with Crippen LogP contribution in [0, 0.1) is 11.9 Å². The van der Waals surface area contributed by atoms with E-state index >= 15 is 0 Å². The molecule has 4 rings (SSSR count). The first-order chi connectivity index (χ1) is 21.9. The number of carbonyl (C=O) groups is 2. The zero-order valence-electron chi connectivity index (χ0n) is 25.5. The van der Waals surface area contributed by atoms with Crippen molar-refractivity contribution in [3.8, 4) is 23.0 Å². The first kappa shape index (κ1) is 34.6. The predicted octanol–water partition coefficient (Wildman–Crippen LogP) is 8.41. The first-order valence-corrected chi connectivity index (χ1v) is 15.0. The number of aromatic nitrogens is 2. The number of esters is 2. The van der Waals surface area contributed by atoms with Gasteiger partial charge in [0.25, 0.3) is 0 Å². The highest BCUT2D eigenvalue weighted by molar-refractivity contribution is 5.91. The number of hydrogen-bond donors (Lipinski definition) is 0. The van der Waals surface area contributed by atoms with Crippen molar-refractivity contribution >= 4 is 11.9 Å². The predicted molar refractivity (Wildman–Crippen MR) is 166 cm³/mol. The molecule has 0 N–H and O–H groups in total. The third-order valence-corrected chi connectivity index (χ3v) is 6.28. The Morgan fingerprint density at radius 3 is 1.29 bits per heavy atom. The zero-order valence-corrected chi connectivity index (χ0v) is 25.5. The minimum atomic E-state index is -0.621. The highest BCUT2D eigenvalue weighted by Crippen LogP contribution is 2.17. The van der Waals surface area contributed by atoms with Crippen LogP contribution >= 0.6 is 0 Å². The van der Waals surface area contributed by atoms with Gasteiger partial charge in [0.05, 0.1) is 36.7 Å². The molecule has 0 atom stereocenters. The Labute approximate surface area is 262 Å². The summed E-state index contributed by atoms with van der Waals surface area (Å²) in [4.78, 5) is 30.7. The summed E-state index contributed by atoms with van der Waals surface area (Å²) in [5, 5.41) is 0. The van der Waals surface area contributed by atoms with Gasteiger partial charge in [-0.2, -0.15) is 8.78 Å². The maximum absolute atomic E-state index is 12.7. The quantitative estimate of drug-likeness (QED) is 0.0743. The van der Waals surface area contributed by atoms with Crippen LogP contribution in [0.3, 0.4) is 0 Å². The summed E-state index contributed by atoms with van der Waals surface area (Å²) in [7, 11) is 0. The average Bonchev–Trinajstić information content (AvgIpc) is 3.06. The number of carbonyl (C=O) groups excluding carboxylic acids is 2. The van der Waals surface area contributed by atoms with Gasteiger partial charge in [-0.3, -0.25) is 0 Å². The Morgan fingerprint density at radius 1 is 0.533 bits per heavy atom. The topological polar surface area (TPSA) is 96.8 Å². The van der Waals surface area contributed by atoms with Crippen LogP contribution in [0.4, 0.5) is 8.78 Å². The van der Waals surface area contributed by atoms with Gasteiger partial charge in [-0.1, -0.05) is 46.0 Å². The van der Waals surface area contributed by atoms with Gasteiger partial charge in [0.15, 0.2) is 0 Å². The standard InChI is InChI=1S/C18H20FNO3.C17H18FNO3/c1-2-3-4-5-12-22-15-8-6-14(7-9-15)18(21)23-16-10-11-17(19)20-13-16;1-2-3-4-11-21-14-7-5-13(6-8-14)17(20)22-15-9-10-16(18)19-12-15/h6-11,13H,2-5,12H2,1H3;5-10,12H,2-4,11H2,1H3. The lowest BCUT2D eigenvalue weighted by atomic mass is 10.2. The largest absolute Gasteiger partial charge is 0.494 e. The first-order valence-electron chi connectivity index (χ1n) is 15.0. The van der Waals surface area contributed by atoms with E-state index in [9.17, 15) is 18.4 Å². The zero-order chi connectivity index (χ0) is 32.3. The third kappa shape index (κ3) is 13.1. The molecule has 10 heteroatoms. The molecule has 238 valence electrons. The number of unbranched alkanes of at least 4 members (excludes halogenated alkanes) is 5. The Balaban J connectivity index is 0.000000246. The van der Waals surface area contributed by atoms with Gasteiger partial charge in [0, 0.05) is 0 Å². The van der Waals surface area contributed by atoms with E-state index in [1.807, 2.05) is 0 Å². The molecular formula is C35H38F2N2O6. The molecule has 0 bridgehead atoms. The van der Waals surface area contributed by atoms with E-state index in [1.54, 1.807) is 48.5 Å². The number of benzene rings is 2. The second kappa shape index (κ2) is 19.4. The van der Waals surface area contributed by atoms with Crippen molar-refractivity contribution in [1.82, 2.24) is 9.97 Å². The molecule has 8 nitrogen and oxygen atoms in total. The van der Waals surface area contributed by atoms with Crippen LogP contribution in [0.5, 0.6) is 23.0 Å². The lowest BCUT2D eigenvalue weighted by Crippen LogP contribution is -2.08. The van der Waals surface area contributed by atoms with Gasteiger partial charge in [-0.15, -0.1) is 0 Å². The molecule has 4 aromatic rings. The molecule has 0 saturated heterocycles. The maximum atomic E-state index is 12.7. The van der Waals surface area contributed by atoms with Crippen LogP contribution in [-0.4, -0.2) is 35.1 Å². The molecule has 2 aromatic carbocycles. The van der Waals surface area contributed by atoms with Crippen molar-refractivity contribution in [3.63, 3.8) is 0 Å². The number of halogens is 2. The fourth-order valence-corrected chi connectivity index (χ4v) is 3.81. The Bertz CT molecular complexity index is 1430. The Morgan fingerprint density at radius 2 is 0.911 bits per heavy atom. The molecule has 0 aliphatic carbocycles. The van der Waals surface area contributed by atoms with Crippen LogP contribution in [0.2, 0.25) is 0 Å². The number of rotatable bonds is 15. The summed E-state index contributed by atoms with van der Waals surface area (Å²) in [6.07, 6.45) is 10.2. The molecule has 0 fully saturated rings. The number of ether oxygens (including phenoxy) is 4. The van der Waals surface area contributed by atoms with Crippen LogP contribution in [0.25, 0.3) is 0 Å². The Hall–Kier alpha value is -4.86. The molecule has 0 spiro atoms. The second-order valence-electron chi connectivity index (χ2n) is 9.93. The van der Waals surface area contributed by atoms with Crippen LogP contribution in [0.15, 0.2) is 85.2 Å². The minimum Gasteiger partial charge on any atom is -0.494 e.